The molecule has 17 heavy (non-hydrogen) atoms. The fraction of sp³-hybridized carbons (Fsp3) is 1.00. The average molecular weight is 275 g/mol. The molecule has 0 aromatic carbocycles. The number of rotatable bonds is 8. The van der Waals surface area contributed by atoms with Crippen LogP contribution in [0.15, 0.2) is 0 Å². The van der Waals surface area contributed by atoms with Gasteiger partial charge < -0.3 is 4.55 Å². The normalized spacial score (nSPS) is 18.1. The van der Waals surface area contributed by atoms with E-state index in [9.17, 15) is 17.7 Å². The Labute approximate surface area is 104 Å². The van der Waals surface area contributed by atoms with E-state index in [0.29, 0.717) is 6.54 Å². The summed E-state index contributed by atoms with van der Waals surface area (Å²) in [7, 11) is -2.03. The van der Waals surface area contributed by atoms with Gasteiger partial charge in [-0.05, 0) is 19.1 Å². The number of hydrogen-bond donors (Lipinski definition) is 1. The second kappa shape index (κ2) is 7.48. The van der Waals surface area contributed by atoms with Gasteiger partial charge in [0.1, 0.15) is 0 Å². The smallest absolute Gasteiger partial charge is 0.338 e. The molecule has 1 unspecified atom stereocenters. The van der Waals surface area contributed by atoms with Crippen LogP contribution < -0.4 is 0 Å². The topological polar surface area (TPSA) is 23.5 Å². The van der Waals surface area contributed by atoms with Gasteiger partial charge >= 0.3 is 6.18 Å². The molecule has 0 aromatic heterocycles. The van der Waals surface area contributed by atoms with Gasteiger partial charge in [-0.15, -0.1) is 0 Å². The maximum absolute atomic E-state index is 12.0. The number of alkyl halides is 3. The van der Waals surface area contributed by atoms with Gasteiger partial charge in [0.15, 0.2) is 0 Å². The van der Waals surface area contributed by atoms with Gasteiger partial charge in [0, 0.05) is 25.3 Å². The van der Waals surface area contributed by atoms with Crippen LogP contribution in [0.3, 0.4) is 0 Å². The van der Waals surface area contributed by atoms with E-state index in [1.54, 1.807) is 6.26 Å². The van der Waals surface area contributed by atoms with E-state index in [1.165, 1.54) is 0 Å². The Morgan fingerprint density at radius 2 is 1.76 bits per heavy atom. The van der Waals surface area contributed by atoms with Gasteiger partial charge in [0.05, 0.1) is 0 Å². The number of unbranched alkanes of at least 4 members (excludes halogenated alkanes) is 1. The van der Waals surface area contributed by atoms with E-state index in [0.717, 1.165) is 19.4 Å². The fourth-order valence-electron chi connectivity index (χ4n) is 1.64. The van der Waals surface area contributed by atoms with Crippen molar-refractivity contribution in [1.29, 1.82) is 0 Å². The minimum Gasteiger partial charge on any atom is -0.338 e. The average Bonchev–Trinajstić information content (AvgIpc) is 2.16. The van der Waals surface area contributed by atoms with Crippen LogP contribution in [0.4, 0.5) is 13.2 Å². The molecule has 0 aliphatic carbocycles. The maximum atomic E-state index is 12.0. The molecule has 0 heterocycles. The summed E-state index contributed by atoms with van der Waals surface area (Å²) in [6, 6.07) is 0. The molecule has 0 aliphatic rings. The zero-order chi connectivity index (χ0) is 13.5. The first-order valence-electron chi connectivity index (χ1n) is 6.03. The van der Waals surface area contributed by atoms with E-state index in [1.807, 2.05) is 11.2 Å². The minimum atomic E-state index is -4.12. The van der Waals surface area contributed by atoms with Crippen LogP contribution in [0.1, 0.15) is 39.5 Å². The van der Waals surface area contributed by atoms with E-state index in [-0.39, 0.29) is 12.2 Å². The van der Waals surface area contributed by atoms with Crippen LogP contribution in [0.25, 0.3) is 0 Å². The van der Waals surface area contributed by atoms with Gasteiger partial charge in [0.2, 0.25) is 0 Å². The Kier molecular flexibility index (Phi) is 7.51. The first-order chi connectivity index (χ1) is 7.73. The van der Waals surface area contributed by atoms with Crippen LogP contribution >= 0.6 is 10.5 Å². The molecule has 0 amide bonds. The third kappa shape index (κ3) is 7.89. The van der Waals surface area contributed by atoms with E-state index >= 15 is 0 Å². The van der Waals surface area contributed by atoms with Gasteiger partial charge in [-0.25, -0.2) is 4.31 Å². The standard InChI is InChI=1S/C11H24F3NOS/c1-4-6-9-15(5-2)17(3,16)10-7-8-11(12,13)14/h16H,4-10H2,1-3H3. The fourth-order valence-corrected chi connectivity index (χ4v) is 3.67. The van der Waals surface area contributed by atoms with Crippen LogP contribution in [0.5, 0.6) is 0 Å². The molecule has 0 aliphatic heterocycles. The van der Waals surface area contributed by atoms with E-state index < -0.39 is 23.1 Å². The second-order valence-corrected chi connectivity index (χ2v) is 7.20. The molecule has 2 nitrogen and oxygen atoms in total. The molecule has 0 saturated carbocycles. The van der Waals surface area contributed by atoms with Crippen molar-refractivity contribution in [3.8, 4) is 0 Å². The highest BCUT2D eigenvalue weighted by Crippen LogP contribution is 2.45. The summed E-state index contributed by atoms with van der Waals surface area (Å²) < 4.78 is 48.3. The molecule has 0 radical (unpaired) electrons. The molecule has 6 heteroatoms. The Morgan fingerprint density at radius 3 is 2.18 bits per heavy atom. The predicted octanol–water partition coefficient (Wildman–Crippen LogP) is 4.27. The van der Waals surface area contributed by atoms with Crippen molar-refractivity contribution in [3.05, 3.63) is 0 Å². The third-order valence-electron chi connectivity index (χ3n) is 2.66. The maximum Gasteiger partial charge on any atom is 0.389 e. The Morgan fingerprint density at radius 1 is 1.18 bits per heavy atom. The summed E-state index contributed by atoms with van der Waals surface area (Å²) in [5.74, 6) is 0.240. The zero-order valence-electron chi connectivity index (χ0n) is 10.9. The highest BCUT2D eigenvalue weighted by Gasteiger charge is 2.29. The number of nitrogens with zero attached hydrogens (tertiary/aromatic N) is 1. The molecular formula is C11H24F3NOS. The highest BCUT2D eigenvalue weighted by atomic mass is 32.3. The van der Waals surface area contributed by atoms with Gasteiger partial charge in [-0.1, -0.05) is 30.8 Å². The summed E-state index contributed by atoms with van der Waals surface area (Å²) in [6.45, 7) is 5.44. The molecule has 0 rings (SSSR count). The lowest BCUT2D eigenvalue weighted by atomic mass is 10.3. The lowest BCUT2D eigenvalue weighted by Crippen LogP contribution is -2.30. The monoisotopic (exact) mass is 275 g/mol. The first kappa shape index (κ1) is 17.1. The van der Waals surface area contributed by atoms with Gasteiger partial charge in [-0.2, -0.15) is 13.2 Å². The molecule has 1 N–H and O–H groups in total. The lowest BCUT2D eigenvalue weighted by molar-refractivity contribution is -0.134. The van der Waals surface area contributed by atoms with Crippen molar-refractivity contribution in [2.75, 3.05) is 25.1 Å². The summed E-state index contributed by atoms with van der Waals surface area (Å²) in [6.07, 6.45) is -1.24. The third-order valence-corrected chi connectivity index (χ3v) is 5.28. The molecule has 1 atom stereocenters. The lowest BCUT2D eigenvalue weighted by Gasteiger charge is -2.41. The van der Waals surface area contributed by atoms with Crippen LogP contribution in [0.2, 0.25) is 0 Å². The second-order valence-electron chi connectivity index (χ2n) is 4.29. The SMILES string of the molecule is CCCCN(CC)S(C)(O)CCCC(F)(F)F. The molecule has 0 fully saturated rings. The quantitative estimate of drug-likeness (QED) is 0.715. The van der Waals surface area contributed by atoms with Gasteiger partial charge in [0.25, 0.3) is 0 Å². The van der Waals surface area contributed by atoms with Gasteiger partial charge in [-0.3, -0.25) is 0 Å². The predicted molar refractivity (Wildman–Crippen MR) is 68.5 cm³/mol. The summed E-state index contributed by atoms with van der Waals surface area (Å²) in [5.41, 5.74) is 0. The molecule has 0 bridgehead atoms. The Hall–Kier alpha value is 0.0600. The van der Waals surface area contributed by atoms with Crippen molar-refractivity contribution < 1.29 is 17.7 Å². The highest BCUT2D eigenvalue weighted by molar-refractivity contribution is 8.26. The van der Waals surface area contributed by atoms with Crippen molar-refractivity contribution in [2.24, 2.45) is 0 Å². The van der Waals surface area contributed by atoms with Crippen molar-refractivity contribution in [1.82, 2.24) is 4.31 Å². The summed E-state index contributed by atoms with van der Waals surface area (Å²) in [4.78, 5) is 0. The Bertz CT molecular complexity index is 209. The number of halogens is 3. The van der Waals surface area contributed by atoms with Crippen LogP contribution in [0, 0.1) is 0 Å². The van der Waals surface area contributed by atoms with Crippen LogP contribution in [-0.4, -0.2) is 40.1 Å². The molecular weight excluding hydrogens is 251 g/mol. The summed E-state index contributed by atoms with van der Waals surface area (Å²) in [5, 5.41) is 0. The zero-order valence-corrected chi connectivity index (χ0v) is 11.7. The van der Waals surface area contributed by atoms with E-state index in [2.05, 4.69) is 6.92 Å². The minimum absolute atomic E-state index is 0.00839. The molecule has 0 saturated heterocycles. The summed E-state index contributed by atoms with van der Waals surface area (Å²) >= 11 is 0. The van der Waals surface area contributed by atoms with Crippen LogP contribution in [-0.2, 0) is 0 Å². The van der Waals surface area contributed by atoms with E-state index in [4.69, 9.17) is 0 Å². The molecule has 0 aromatic rings. The largest absolute Gasteiger partial charge is 0.389 e. The Balaban J connectivity index is 4.13. The van der Waals surface area contributed by atoms with Crippen molar-refractivity contribution in [2.45, 2.75) is 45.7 Å². The number of hydrogen-bond acceptors (Lipinski definition) is 2. The molecule has 0 spiro atoms. The van der Waals surface area contributed by atoms with Crippen molar-refractivity contribution in [3.63, 3.8) is 0 Å². The first-order valence-corrected chi connectivity index (χ1v) is 8.15. The van der Waals surface area contributed by atoms with Crippen molar-refractivity contribution >= 4 is 10.5 Å². The molecule has 106 valence electrons.